The van der Waals surface area contributed by atoms with Crippen LogP contribution in [0.4, 0.5) is 34.5 Å². The Morgan fingerprint density at radius 1 is 0.478 bits per heavy atom. The van der Waals surface area contributed by atoms with Crippen molar-refractivity contribution < 1.29 is 34.5 Å². The number of hydrogen-bond acceptors (Lipinski definition) is 0. The highest BCUT2D eigenvalue weighted by Crippen LogP contribution is 2.41. The molecular weight excluding hydrogens is 349 g/mol. The number of hydrogen-bond donors (Lipinski definition) is 0. The summed E-state index contributed by atoms with van der Waals surface area (Å²) in [6, 6.07) is 0. The third kappa shape index (κ3) is 22.0. The lowest BCUT2D eigenvalue weighted by molar-refractivity contribution is 0.366. The Bertz CT molecular complexity index is 246. The molecule has 0 saturated heterocycles. The summed E-state index contributed by atoms with van der Waals surface area (Å²) in [5, 5.41) is 0. The average molecular weight is 372 g/mol. The normalized spacial score (nSPS) is 20.9. The van der Waals surface area contributed by atoms with E-state index in [-0.39, 0.29) is 0 Å². The summed E-state index contributed by atoms with van der Waals surface area (Å²) in [4.78, 5) is 0. The lowest BCUT2D eigenvalue weighted by atomic mass is 10.00. The molecule has 23 heavy (non-hydrogen) atoms. The molecule has 0 amide bonds. The molecule has 0 aliphatic heterocycles. The fourth-order valence-electron chi connectivity index (χ4n) is 2.87. The zero-order chi connectivity index (χ0) is 17.9. The van der Waals surface area contributed by atoms with Crippen LogP contribution in [0.5, 0.6) is 0 Å². The second-order valence-corrected chi connectivity index (χ2v) is 7.79. The number of halogens is 8. The lowest BCUT2D eigenvalue weighted by Crippen LogP contribution is -2.14. The maximum absolute atomic E-state index is 9.75. The van der Waals surface area contributed by atoms with E-state index in [0.29, 0.717) is 0 Å². The molecule has 140 valence electrons. The summed E-state index contributed by atoms with van der Waals surface area (Å²) in [6.07, 6.45) is 15.4. The molecule has 0 aromatic heterocycles. The van der Waals surface area contributed by atoms with Gasteiger partial charge in [0, 0.05) is 0 Å². The van der Waals surface area contributed by atoms with Gasteiger partial charge < -0.3 is 34.5 Å². The van der Waals surface area contributed by atoms with Gasteiger partial charge in [0.05, 0.1) is 0 Å². The molecule has 0 atom stereocenters. The minimum absolute atomic E-state index is 1.15. The van der Waals surface area contributed by atoms with Crippen LogP contribution in [0.1, 0.15) is 64.2 Å². The van der Waals surface area contributed by atoms with Gasteiger partial charge in [-0.1, -0.05) is 38.5 Å². The first-order valence-electron chi connectivity index (χ1n) is 7.96. The quantitative estimate of drug-likeness (QED) is 0.280. The predicted molar refractivity (Wildman–Crippen MR) is 82.4 cm³/mol. The van der Waals surface area contributed by atoms with Crippen molar-refractivity contribution in [3.05, 3.63) is 0 Å². The summed E-state index contributed by atoms with van der Waals surface area (Å²) in [6.45, 7) is 0. The molecule has 0 aromatic carbocycles. The van der Waals surface area contributed by atoms with E-state index in [1.54, 1.807) is 25.7 Å². The molecule has 0 nitrogen and oxygen atoms in total. The second-order valence-electron chi connectivity index (χ2n) is 5.83. The van der Waals surface area contributed by atoms with E-state index >= 15 is 0 Å². The van der Waals surface area contributed by atoms with Gasteiger partial charge in [0.1, 0.15) is 0 Å². The van der Waals surface area contributed by atoms with Gasteiger partial charge in [-0.25, -0.2) is 0 Å². The van der Waals surface area contributed by atoms with Crippen LogP contribution in [-0.4, -0.2) is 25.8 Å². The van der Waals surface area contributed by atoms with Crippen LogP contribution in [0.25, 0.3) is 0 Å². The van der Waals surface area contributed by atoms with Crippen molar-refractivity contribution in [3.63, 3.8) is 0 Å². The topological polar surface area (TPSA) is 0 Å². The van der Waals surface area contributed by atoms with Gasteiger partial charge in [-0.3, -0.25) is 0 Å². The smallest absolute Gasteiger partial charge is 0.418 e. The van der Waals surface area contributed by atoms with Crippen LogP contribution in [-0.2, 0) is 0 Å². The average Bonchev–Trinajstić information content (AvgIpc) is 2.37. The van der Waals surface area contributed by atoms with Crippen LogP contribution in [0.3, 0.4) is 0 Å². The van der Waals surface area contributed by atoms with Crippen molar-refractivity contribution in [2.24, 2.45) is 0 Å². The Balaban J connectivity index is 0.000000406. The van der Waals surface area contributed by atoms with Crippen molar-refractivity contribution in [1.29, 1.82) is 0 Å². The van der Waals surface area contributed by atoms with Crippen LogP contribution in [0.15, 0.2) is 0 Å². The first-order chi connectivity index (χ1) is 10.4. The Labute approximate surface area is 134 Å². The molecule has 2 aliphatic rings. The fourth-order valence-corrected chi connectivity index (χ4v) is 5.02. The van der Waals surface area contributed by atoms with E-state index in [2.05, 4.69) is 0 Å². The van der Waals surface area contributed by atoms with E-state index in [1.807, 2.05) is 0 Å². The van der Waals surface area contributed by atoms with Gasteiger partial charge >= 0.3 is 14.5 Å². The minimum atomic E-state index is -6.00. The standard InChI is InChI=1S/C12H23P.2BF4/c1-3-7-11(8-4-1)13-12-9-5-2-6-10-12;2*2-1(3,4)5/h11-13H,1-10H2;;/q;2*-1. The first kappa shape index (κ1) is 23.0. The summed E-state index contributed by atoms with van der Waals surface area (Å²) in [5.41, 5.74) is 2.30. The maximum atomic E-state index is 9.75. The molecule has 0 N–H and O–H groups in total. The van der Waals surface area contributed by atoms with Gasteiger partial charge in [-0.2, -0.15) is 0 Å². The van der Waals surface area contributed by atoms with Crippen molar-refractivity contribution in [2.75, 3.05) is 0 Å². The predicted octanol–water partition coefficient (Wildman–Crippen LogP) is 6.93. The molecule has 0 spiro atoms. The van der Waals surface area contributed by atoms with Crippen molar-refractivity contribution >= 4 is 23.1 Å². The van der Waals surface area contributed by atoms with E-state index in [1.165, 1.54) is 47.1 Å². The Morgan fingerprint density at radius 3 is 0.913 bits per heavy atom. The molecule has 2 rings (SSSR count). The molecule has 0 bridgehead atoms. The summed E-state index contributed by atoms with van der Waals surface area (Å²) in [5.74, 6) is 0. The minimum Gasteiger partial charge on any atom is -0.418 e. The maximum Gasteiger partial charge on any atom is 0.673 e. The molecule has 0 unspecified atom stereocenters. The van der Waals surface area contributed by atoms with Crippen LogP contribution < -0.4 is 0 Å². The molecule has 2 fully saturated rings. The zero-order valence-electron chi connectivity index (χ0n) is 12.9. The molecule has 11 heteroatoms. The van der Waals surface area contributed by atoms with Crippen LogP contribution >= 0.6 is 8.58 Å². The Kier molecular flexibility index (Phi) is 11.5. The summed E-state index contributed by atoms with van der Waals surface area (Å²) >= 11 is 0. The van der Waals surface area contributed by atoms with Gasteiger partial charge in [0.15, 0.2) is 0 Å². The molecule has 2 saturated carbocycles. The van der Waals surface area contributed by atoms with E-state index in [4.69, 9.17) is 0 Å². The first-order valence-corrected chi connectivity index (χ1v) is 9.11. The Morgan fingerprint density at radius 2 is 0.696 bits per heavy atom. The molecule has 2 aliphatic carbocycles. The fraction of sp³-hybridized carbons (Fsp3) is 1.00. The highest BCUT2D eigenvalue weighted by atomic mass is 31.1. The van der Waals surface area contributed by atoms with Gasteiger partial charge in [-0.15, -0.1) is 8.58 Å². The molecule has 0 aromatic rings. The van der Waals surface area contributed by atoms with Gasteiger partial charge in [0.25, 0.3) is 0 Å². The third-order valence-corrected chi connectivity index (χ3v) is 5.78. The highest BCUT2D eigenvalue weighted by Gasteiger charge is 2.21. The molecular formula is C12H23B2F8P-2. The largest absolute Gasteiger partial charge is 0.673 e. The van der Waals surface area contributed by atoms with Gasteiger partial charge in [0.2, 0.25) is 0 Å². The molecule has 0 heterocycles. The van der Waals surface area contributed by atoms with E-state index < -0.39 is 14.5 Å². The second kappa shape index (κ2) is 11.5. The summed E-state index contributed by atoms with van der Waals surface area (Å²) in [7, 11) is -10.7. The van der Waals surface area contributed by atoms with Gasteiger partial charge in [-0.05, 0) is 37.0 Å². The monoisotopic (exact) mass is 372 g/mol. The highest BCUT2D eigenvalue weighted by molar-refractivity contribution is 7.39. The molecule has 0 radical (unpaired) electrons. The van der Waals surface area contributed by atoms with Crippen molar-refractivity contribution in [2.45, 2.75) is 75.5 Å². The Hall–Kier alpha value is -0.000130. The van der Waals surface area contributed by atoms with Crippen LogP contribution in [0, 0.1) is 0 Å². The van der Waals surface area contributed by atoms with E-state index in [0.717, 1.165) is 11.3 Å². The van der Waals surface area contributed by atoms with Crippen molar-refractivity contribution in [1.82, 2.24) is 0 Å². The number of rotatable bonds is 2. The van der Waals surface area contributed by atoms with Crippen molar-refractivity contribution in [3.8, 4) is 0 Å². The van der Waals surface area contributed by atoms with E-state index in [9.17, 15) is 34.5 Å². The third-order valence-electron chi connectivity index (χ3n) is 3.68. The van der Waals surface area contributed by atoms with Crippen LogP contribution in [0.2, 0.25) is 0 Å². The SMILES string of the molecule is C1CCC(PC2CCCCC2)CC1.F[B-](F)(F)F.F[B-](F)(F)F. The lowest BCUT2D eigenvalue weighted by Gasteiger charge is -2.28. The zero-order valence-corrected chi connectivity index (χ0v) is 13.9. The summed E-state index contributed by atoms with van der Waals surface area (Å²) < 4.78 is 78.0.